The van der Waals surface area contributed by atoms with Crippen molar-refractivity contribution >= 4 is 29.5 Å². The van der Waals surface area contributed by atoms with Crippen molar-refractivity contribution in [3.63, 3.8) is 0 Å². The van der Waals surface area contributed by atoms with Gasteiger partial charge in [0.1, 0.15) is 5.82 Å². The number of carboxylic acids is 1. The third-order valence-corrected chi connectivity index (χ3v) is 3.96. The van der Waals surface area contributed by atoms with Gasteiger partial charge in [-0.25, -0.2) is 9.78 Å². The highest BCUT2D eigenvalue weighted by Crippen LogP contribution is 2.27. The number of carbonyl (C=O) groups is 2. The first kappa shape index (κ1) is 18.2. The second-order valence-corrected chi connectivity index (χ2v) is 5.91. The fourth-order valence-corrected chi connectivity index (χ4v) is 2.72. The largest absolute Gasteiger partial charge is 0.481 e. The molecule has 3 N–H and O–H groups in total. The summed E-state index contributed by atoms with van der Waals surface area (Å²) >= 11 is 0. The van der Waals surface area contributed by atoms with E-state index >= 15 is 0 Å². The molecular formula is C20H20N4O3. The molecular weight excluding hydrogens is 344 g/mol. The van der Waals surface area contributed by atoms with Crippen LogP contribution >= 0.6 is 0 Å². The third kappa shape index (κ3) is 4.94. The lowest BCUT2D eigenvalue weighted by Gasteiger charge is -2.16. The number of fused-ring (bicyclic) bond motifs is 1. The minimum atomic E-state index is -0.946. The maximum absolute atomic E-state index is 12.5. The van der Waals surface area contributed by atoms with Crippen LogP contribution in [-0.4, -0.2) is 40.1 Å². The molecule has 3 rings (SSSR count). The molecule has 138 valence electrons. The van der Waals surface area contributed by atoms with Gasteiger partial charge in [-0.1, -0.05) is 30.3 Å². The summed E-state index contributed by atoms with van der Waals surface area (Å²) in [6, 6.07) is 12.7. The average Bonchev–Trinajstić information content (AvgIpc) is 2.85. The van der Waals surface area contributed by atoms with Crippen LogP contribution in [0.1, 0.15) is 17.5 Å². The van der Waals surface area contributed by atoms with E-state index < -0.39 is 5.97 Å². The van der Waals surface area contributed by atoms with Crippen LogP contribution in [0.15, 0.2) is 61.1 Å². The van der Waals surface area contributed by atoms with E-state index in [1.807, 2.05) is 42.5 Å². The molecule has 1 aromatic carbocycles. The highest BCUT2D eigenvalue weighted by atomic mass is 16.4. The summed E-state index contributed by atoms with van der Waals surface area (Å²) in [6.45, 7) is 0.918. The molecule has 1 aliphatic rings. The Morgan fingerprint density at radius 3 is 2.67 bits per heavy atom. The molecule has 2 aromatic rings. The standard InChI is InChI=1S/C20H20N4O3/c25-19(26)13-16-14-24(12-8-15-5-1-2-6-17(15)16)20(27)23-11-10-22-18-7-3-4-9-21-18/h1-9,12,14H,10-11,13H2,(H,21,22)(H,23,27)(H,25,26). The number of aliphatic carboxylic acids is 1. The van der Waals surface area contributed by atoms with E-state index in [0.29, 0.717) is 18.7 Å². The molecule has 0 saturated heterocycles. The van der Waals surface area contributed by atoms with Crippen LogP contribution in [-0.2, 0) is 4.79 Å². The fourth-order valence-electron chi connectivity index (χ4n) is 2.72. The molecule has 2 amide bonds. The molecule has 0 fully saturated rings. The lowest BCUT2D eigenvalue weighted by molar-refractivity contribution is -0.135. The predicted molar refractivity (Wildman–Crippen MR) is 104 cm³/mol. The molecule has 0 spiro atoms. The number of nitrogens with one attached hydrogen (secondary N) is 2. The summed E-state index contributed by atoms with van der Waals surface area (Å²) in [5.74, 6) is -0.210. The van der Waals surface area contributed by atoms with Crippen molar-refractivity contribution < 1.29 is 14.7 Å². The minimum Gasteiger partial charge on any atom is -0.481 e. The van der Waals surface area contributed by atoms with Crippen molar-refractivity contribution in [2.24, 2.45) is 0 Å². The Bertz CT molecular complexity index is 878. The summed E-state index contributed by atoms with van der Waals surface area (Å²) in [6.07, 6.45) is 6.53. The Morgan fingerprint density at radius 1 is 1.07 bits per heavy atom. The summed E-state index contributed by atoms with van der Waals surface area (Å²) in [7, 11) is 0. The zero-order valence-electron chi connectivity index (χ0n) is 14.6. The van der Waals surface area contributed by atoms with Crippen molar-refractivity contribution in [3.8, 4) is 0 Å². The summed E-state index contributed by atoms with van der Waals surface area (Å²) in [5.41, 5.74) is 2.25. The Morgan fingerprint density at radius 2 is 1.89 bits per heavy atom. The van der Waals surface area contributed by atoms with Gasteiger partial charge in [-0.15, -0.1) is 0 Å². The topological polar surface area (TPSA) is 94.6 Å². The lowest BCUT2D eigenvalue weighted by Crippen LogP contribution is -2.36. The Hall–Kier alpha value is -3.61. The zero-order valence-corrected chi connectivity index (χ0v) is 14.6. The van der Waals surface area contributed by atoms with Crippen LogP contribution < -0.4 is 10.6 Å². The number of carbonyl (C=O) groups excluding carboxylic acids is 1. The number of carboxylic acid groups (broad SMARTS) is 1. The van der Waals surface area contributed by atoms with Crippen molar-refractivity contribution in [2.45, 2.75) is 6.42 Å². The van der Waals surface area contributed by atoms with Gasteiger partial charge in [0.05, 0.1) is 6.42 Å². The highest BCUT2D eigenvalue weighted by molar-refractivity contribution is 5.89. The first-order valence-electron chi connectivity index (χ1n) is 8.54. The van der Waals surface area contributed by atoms with Crippen LogP contribution in [0.4, 0.5) is 10.6 Å². The van der Waals surface area contributed by atoms with E-state index in [4.69, 9.17) is 0 Å². The average molecular weight is 364 g/mol. The van der Waals surface area contributed by atoms with E-state index in [1.165, 1.54) is 4.90 Å². The van der Waals surface area contributed by atoms with E-state index in [1.54, 1.807) is 24.7 Å². The lowest BCUT2D eigenvalue weighted by atomic mass is 9.98. The molecule has 0 atom stereocenters. The van der Waals surface area contributed by atoms with E-state index in [9.17, 15) is 14.7 Å². The molecule has 1 aromatic heterocycles. The number of benzene rings is 1. The maximum atomic E-state index is 12.5. The van der Waals surface area contributed by atoms with Crippen molar-refractivity contribution in [1.29, 1.82) is 0 Å². The van der Waals surface area contributed by atoms with Crippen molar-refractivity contribution in [2.75, 3.05) is 18.4 Å². The molecule has 7 heteroatoms. The highest BCUT2D eigenvalue weighted by Gasteiger charge is 2.17. The SMILES string of the molecule is O=C(O)CC1=CN(C(=O)NCCNc2ccccn2)C=Cc2ccccc21. The van der Waals surface area contributed by atoms with Gasteiger partial charge in [0.15, 0.2) is 0 Å². The molecule has 1 aliphatic heterocycles. The number of hydrogen-bond donors (Lipinski definition) is 3. The van der Waals surface area contributed by atoms with Crippen LogP contribution in [0, 0.1) is 0 Å². The Labute approximate surface area is 157 Å². The Kier molecular flexibility index (Phi) is 5.84. The van der Waals surface area contributed by atoms with Crippen LogP contribution in [0.25, 0.3) is 11.6 Å². The summed E-state index contributed by atoms with van der Waals surface area (Å²) in [5, 5.41) is 15.1. The van der Waals surface area contributed by atoms with E-state index in [0.717, 1.165) is 16.9 Å². The molecule has 7 nitrogen and oxygen atoms in total. The quantitative estimate of drug-likeness (QED) is 0.685. The van der Waals surface area contributed by atoms with Crippen LogP contribution in [0.2, 0.25) is 0 Å². The number of amides is 2. The summed E-state index contributed by atoms with van der Waals surface area (Å²) in [4.78, 5) is 29.2. The molecule has 27 heavy (non-hydrogen) atoms. The molecule has 0 aliphatic carbocycles. The molecule has 2 heterocycles. The second-order valence-electron chi connectivity index (χ2n) is 5.91. The third-order valence-electron chi connectivity index (χ3n) is 3.96. The molecule has 0 radical (unpaired) electrons. The van der Waals surface area contributed by atoms with Crippen LogP contribution in [0.5, 0.6) is 0 Å². The van der Waals surface area contributed by atoms with Crippen molar-refractivity contribution in [1.82, 2.24) is 15.2 Å². The first-order valence-corrected chi connectivity index (χ1v) is 8.54. The van der Waals surface area contributed by atoms with Gasteiger partial charge in [0, 0.05) is 31.7 Å². The number of urea groups is 1. The zero-order chi connectivity index (χ0) is 19.1. The number of anilines is 1. The fraction of sp³-hybridized carbons (Fsp3) is 0.150. The number of nitrogens with zero attached hydrogens (tertiary/aromatic N) is 2. The number of pyridine rings is 1. The van der Waals surface area contributed by atoms with Gasteiger partial charge in [0.2, 0.25) is 0 Å². The Balaban J connectivity index is 1.64. The monoisotopic (exact) mass is 364 g/mol. The maximum Gasteiger partial charge on any atom is 0.325 e. The minimum absolute atomic E-state index is 0.163. The molecule has 0 unspecified atom stereocenters. The van der Waals surface area contributed by atoms with Gasteiger partial charge in [-0.3, -0.25) is 9.69 Å². The first-order chi connectivity index (χ1) is 13.1. The second kappa shape index (κ2) is 8.66. The number of aromatic nitrogens is 1. The van der Waals surface area contributed by atoms with Gasteiger partial charge in [0.25, 0.3) is 0 Å². The van der Waals surface area contributed by atoms with Crippen molar-refractivity contribution in [3.05, 3.63) is 72.2 Å². The molecule has 0 bridgehead atoms. The van der Waals surface area contributed by atoms with E-state index in [-0.39, 0.29) is 12.5 Å². The number of hydrogen-bond acceptors (Lipinski definition) is 4. The van der Waals surface area contributed by atoms with Gasteiger partial charge in [-0.2, -0.15) is 0 Å². The van der Waals surface area contributed by atoms with E-state index in [2.05, 4.69) is 15.6 Å². The van der Waals surface area contributed by atoms with Gasteiger partial charge in [-0.05, 0) is 34.9 Å². The number of rotatable bonds is 6. The smallest absolute Gasteiger partial charge is 0.325 e. The van der Waals surface area contributed by atoms with Crippen LogP contribution in [0.3, 0.4) is 0 Å². The predicted octanol–water partition coefficient (Wildman–Crippen LogP) is 3.01. The molecule has 0 saturated carbocycles. The van der Waals surface area contributed by atoms with Gasteiger partial charge >= 0.3 is 12.0 Å². The summed E-state index contributed by atoms with van der Waals surface area (Å²) < 4.78 is 0. The normalized spacial score (nSPS) is 12.6. The van der Waals surface area contributed by atoms with Gasteiger partial charge < -0.3 is 15.7 Å².